The number of ether oxygens (including phenoxy) is 1. The van der Waals surface area contributed by atoms with Gasteiger partial charge in [0, 0.05) is 6.54 Å². The fraction of sp³-hybridized carbons (Fsp3) is 0.120. The molecule has 0 saturated heterocycles. The third-order valence-electron chi connectivity index (χ3n) is 4.47. The van der Waals surface area contributed by atoms with E-state index in [0.29, 0.717) is 5.56 Å². The van der Waals surface area contributed by atoms with Crippen molar-refractivity contribution in [3.8, 4) is 17.6 Å². The van der Waals surface area contributed by atoms with E-state index in [1.807, 2.05) is 36.4 Å². The van der Waals surface area contributed by atoms with E-state index in [1.165, 1.54) is 30.3 Å². The summed E-state index contributed by atoms with van der Waals surface area (Å²) in [6.07, 6.45) is 1.40. The molecule has 0 bridgehead atoms. The van der Waals surface area contributed by atoms with E-state index < -0.39 is 16.0 Å². The Labute approximate surface area is 193 Å². The Bertz CT molecular complexity index is 1280. The molecule has 7 nitrogen and oxygen atoms in total. The van der Waals surface area contributed by atoms with Crippen molar-refractivity contribution in [1.82, 2.24) is 5.32 Å². The first-order valence-corrected chi connectivity index (χ1v) is 11.5. The van der Waals surface area contributed by atoms with E-state index in [9.17, 15) is 18.5 Å². The van der Waals surface area contributed by atoms with Crippen molar-refractivity contribution in [2.75, 3.05) is 6.61 Å². The maximum Gasteiger partial charge on any atom is 0.339 e. The Hall–Kier alpha value is -4.09. The summed E-state index contributed by atoms with van der Waals surface area (Å²) in [5.74, 6) is -0.344. The lowest BCUT2D eigenvalue weighted by Crippen LogP contribution is -2.23. The molecule has 168 valence electrons. The first kappa shape index (κ1) is 23.6. The molecule has 0 fully saturated rings. The largest absolute Gasteiger partial charge is 0.490 e. The summed E-state index contributed by atoms with van der Waals surface area (Å²) < 4.78 is 35.9. The number of carbonyl (C=O) groups excluding carboxylic acids is 1. The first-order chi connectivity index (χ1) is 15.9. The van der Waals surface area contributed by atoms with Crippen LogP contribution in [0.3, 0.4) is 0 Å². The van der Waals surface area contributed by atoms with Gasteiger partial charge in [-0.25, -0.2) is 0 Å². The van der Waals surface area contributed by atoms with Crippen LogP contribution in [0.5, 0.6) is 11.5 Å². The van der Waals surface area contributed by atoms with Gasteiger partial charge in [0.1, 0.15) is 16.5 Å². The van der Waals surface area contributed by atoms with Crippen molar-refractivity contribution in [1.29, 1.82) is 5.26 Å². The zero-order valence-corrected chi connectivity index (χ0v) is 18.7. The second kappa shape index (κ2) is 11.0. The molecule has 0 aliphatic rings. The highest BCUT2D eigenvalue weighted by molar-refractivity contribution is 7.87. The number of hydrogen-bond donors (Lipinski definition) is 1. The van der Waals surface area contributed by atoms with Gasteiger partial charge in [0.05, 0.1) is 6.61 Å². The molecule has 0 aromatic heterocycles. The Balaban J connectivity index is 1.81. The van der Waals surface area contributed by atoms with E-state index in [-0.39, 0.29) is 35.1 Å². The van der Waals surface area contributed by atoms with E-state index >= 15 is 0 Å². The standard InChI is InChI=1S/C25H22N2O5S/c1-2-31-24-16-20(13-14-23(24)32-33(29,30)22-11-7-4-8-12-22)15-21(17-26)25(28)27-18-19-9-5-3-6-10-19/h3-16H,2,18H2,1H3,(H,27,28)/b21-15+. The smallest absolute Gasteiger partial charge is 0.339 e. The Morgan fingerprint density at radius 3 is 2.30 bits per heavy atom. The fourth-order valence-corrected chi connectivity index (χ4v) is 3.85. The van der Waals surface area contributed by atoms with Crippen LogP contribution in [0, 0.1) is 11.3 Å². The van der Waals surface area contributed by atoms with Crippen LogP contribution in [0.15, 0.2) is 89.3 Å². The molecule has 0 unspecified atom stereocenters. The maximum absolute atomic E-state index is 12.6. The molecule has 0 spiro atoms. The van der Waals surface area contributed by atoms with Crippen molar-refractivity contribution < 1.29 is 22.1 Å². The van der Waals surface area contributed by atoms with Gasteiger partial charge < -0.3 is 14.2 Å². The Morgan fingerprint density at radius 1 is 1.00 bits per heavy atom. The molecule has 8 heteroatoms. The molecule has 1 amide bonds. The van der Waals surface area contributed by atoms with Gasteiger partial charge in [-0.1, -0.05) is 54.6 Å². The molecular weight excluding hydrogens is 440 g/mol. The van der Waals surface area contributed by atoms with Gasteiger partial charge in [-0.05, 0) is 48.4 Å². The second-order valence-corrected chi connectivity index (χ2v) is 8.37. The van der Waals surface area contributed by atoms with Gasteiger partial charge in [-0.3, -0.25) is 4.79 Å². The van der Waals surface area contributed by atoms with Crippen molar-refractivity contribution in [3.05, 3.63) is 95.6 Å². The zero-order valence-electron chi connectivity index (χ0n) is 17.9. The van der Waals surface area contributed by atoms with Gasteiger partial charge in [0.2, 0.25) is 0 Å². The van der Waals surface area contributed by atoms with Crippen LogP contribution in [0.2, 0.25) is 0 Å². The Morgan fingerprint density at radius 2 is 1.67 bits per heavy atom. The lowest BCUT2D eigenvalue weighted by molar-refractivity contribution is -0.117. The monoisotopic (exact) mass is 462 g/mol. The molecule has 0 aliphatic heterocycles. The summed E-state index contributed by atoms with van der Waals surface area (Å²) >= 11 is 0. The SMILES string of the molecule is CCOc1cc(/C=C(\C#N)C(=O)NCc2ccccc2)ccc1OS(=O)(=O)c1ccccc1. The molecule has 0 saturated carbocycles. The topological polar surface area (TPSA) is 105 Å². The van der Waals surface area contributed by atoms with Gasteiger partial charge in [-0.15, -0.1) is 0 Å². The molecule has 1 N–H and O–H groups in total. The number of amides is 1. The Kier molecular flexibility index (Phi) is 7.84. The predicted molar refractivity (Wildman–Crippen MR) is 124 cm³/mol. The molecule has 33 heavy (non-hydrogen) atoms. The van der Waals surface area contributed by atoms with Gasteiger partial charge in [0.15, 0.2) is 11.5 Å². The van der Waals surface area contributed by atoms with Crippen molar-refractivity contribution in [2.24, 2.45) is 0 Å². The van der Waals surface area contributed by atoms with Crippen LogP contribution in [0.4, 0.5) is 0 Å². The van der Waals surface area contributed by atoms with Crippen LogP contribution < -0.4 is 14.2 Å². The molecule has 0 atom stereocenters. The third kappa shape index (κ3) is 6.45. The molecule has 3 aromatic rings. The average molecular weight is 463 g/mol. The minimum absolute atomic E-state index is 0.00453. The highest BCUT2D eigenvalue weighted by atomic mass is 32.2. The van der Waals surface area contributed by atoms with Gasteiger partial charge in [0.25, 0.3) is 5.91 Å². The number of nitriles is 1. The quantitative estimate of drug-likeness (QED) is 0.292. The van der Waals surface area contributed by atoms with Crippen LogP contribution >= 0.6 is 0 Å². The molecule has 0 radical (unpaired) electrons. The van der Waals surface area contributed by atoms with E-state index in [0.717, 1.165) is 5.56 Å². The summed E-state index contributed by atoms with van der Waals surface area (Å²) in [5.41, 5.74) is 1.29. The fourth-order valence-electron chi connectivity index (χ4n) is 2.89. The van der Waals surface area contributed by atoms with Crippen LogP contribution in [0.25, 0.3) is 6.08 Å². The third-order valence-corrected chi connectivity index (χ3v) is 5.72. The molecule has 3 rings (SSSR count). The summed E-state index contributed by atoms with van der Waals surface area (Å²) in [4.78, 5) is 12.4. The summed E-state index contributed by atoms with van der Waals surface area (Å²) in [5, 5.41) is 12.2. The molecule has 0 heterocycles. The van der Waals surface area contributed by atoms with E-state index in [4.69, 9.17) is 8.92 Å². The maximum atomic E-state index is 12.6. The average Bonchev–Trinajstić information content (AvgIpc) is 2.84. The minimum atomic E-state index is -4.05. The summed E-state index contributed by atoms with van der Waals surface area (Å²) in [6.45, 7) is 2.29. The molecule has 0 aliphatic carbocycles. The normalized spacial score (nSPS) is 11.3. The van der Waals surface area contributed by atoms with Crippen molar-refractivity contribution >= 4 is 22.1 Å². The molecular formula is C25H22N2O5S. The van der Waals surface area contributed by atoms with Gasteiger partial charge in [-0.2, -0.15) is 13.7 Å². The van der Waals surface area contributed by atoms with Crippen LogP contribution in [0.1, 0.15) is 18.1 Å². The molecule has 3 aromatic carbocycles. The van der Waals surface area contributed by atoms with Crippen LogP contribution in [-0.4, -0.2) is 20.9 Å². The predicted octanol–water partition coefficient (Wildman–Crippen LogP) is 4.08. The lowest BCUT2D eigenvalue weighted by atomic mass is 10.1. The number of benzene rings is 3. The lowest BCUT2D eigenvalue weighted by Gasteiger charge is -2.13. The number of carbonyl (C=O) groups is 1. The highest BCUT2D eigenvalue weighted by Crippen LogP contribution is 2.32. The summed E-state index contributed by atoms with van der Waals surface area (Å²) in [6, 6.07) is 23.5. The highest BCUT2D eigenvalue weighted by Gasteiger charge is 2.19. The number of hydrogen-bond acceptors (Lipinski definition) is 6. The summed E-state index contributed by atoms with van der Waals surface area (Å²) in [7, 11) is -4.05. The van der Waals surface area contributed by atoms with E-state index in [2.05, 4.69) is 5.32 Å². The van der Waals surface area contributed by atoms with Crippen molar-refractivity contribution in [2.45, 2.75) is 18.4 Å². The number of rotatable bonds is 9. The zero-order chi connectivity index (χ0) is 23.7. The second-order valence-electron chi connectivity index (χ2n) is 6.83. The van der Waals surface area contributed by atoms with Gasteiger partial charge >= 0.3 is 10.1 Å². The first-order valence-electron chi connectivity index (χ1n) is 10.1. The van der Waals surface area contributed by atoms with Crippen molar-refractivity contribution in [3.63, 3.8) is 0 Å². The number of nitrogens with one attached hydrogen (secondary N) is 1. The minimum Gasteiger partial charge on any atom is -0.490 e. The number of nitrogens with zero attached hydrogens (tertiary/aromatic N) is 1. The van der Waals surface area contributed by atoms with E-state index in [1.54, 1.807) is 31.2 Å². The van der Waals surface area contributed by atoms with Crippen LogP contribution in [-0.2, 0) is 21.5 Å².